The first-order chi connectivity index (χ1) is 6.16. The third kappa shape index (κ3) is 1.39. The zero-order valence-electron chi connectivity index (χ0n) is 6.64. The second kappa shape index (κ2) is 2.79. The first-order valence-corrected chi connectivity index (χ1v) is 3.77. The maximum atomic E-state index is 10.8. The lowest BCUT2D eigenvalue weighted by Crippen LogP contribution is -2.36. The van der Waals surface area contributed by atoms with Crippen molar-refractivity contribution in [3.8, 4) is 0 Å². The SMILES string of the molecule is O=C1C=c2ccc(B(O)O)cc2=N1. The number of rotatable bonds is 1. The van der Waals surface area contributed by atoms with Gasteiger partial charge in [-0.3, -0.25) is 4.79 Å². The molecule has 0 saturated heterocycles. The van der Waals surface area contributed by atoms with Gasteiger partial charge < -0.3 is 10.0 Å². The van der Waals surface area contributed by atoms with E-state index in [0.717, 1.165) is 5.22 Å². The Morgan fingerprint density at radius 2 is 2.08 bits per heavy atom. The predicted molar refractivity (Wildman–Crippen MR) is 46.5 cm³/mol. The molecule has 0 saturated carbocycles. The average molecular weight is 175 g/mol. The van der Waals surface area contributed by atoms with E-state index in [2.05, 4.69) is 4.99 Å². The molecule has 1 aliphatic heterocycles. The van der Waals surface area contributed by atoms with Crippen LogP contribution >= 0.6 is 0 Å². The zero-order valence-corrected chi connectivity index (χ0v) is 6.64. The molecule has 1 amide bonds. The number of carbonyl (C=O) groups is 1. The lowest BCUT2D eigenvalue weighted by molar-refractivity contribution is -0.112. The van der Waals surface area contributed by atoms with Gasteiger partial charge in [0.05, 0.1) is 5.36 Å². The van der Waals surface area contributed by atoms with Crippen LogP contribution < -0.4 is 16.0 Å². The molecule has 13 heavy (non-hydrogen) atoms. The van der Waals surface area contributed by atoms with Crippen molar-refractivity contribution >= 4 is 24.6 Å². The van der Waals surface area contributed by atoms with Crippen molar-refractivity contribution in [3.05, 3.63) is 28.8 Å². The molecule has 0 atom stereocenters. The van der Waals surface area contributed by atoms with Crippen molar-refractivity contribution in [2.45, 2.75) is 0 Å². The maximum absolute atomic E-state index is 10.8. The quantitative estimate of drug-likeness (QED) is 0.456. The van der Waals surface area contributed by atoms with E-state index in [9.17, 15) is 4.79 Å². The van der Waals surface area contributed by atoms with Gasteiger partial charge in [-0.2, -0.15) is 0 Å². The van der Waals surface area contributed by atoms with Crippen molar-refractivity contribution < 1.29 is 14.8 Å². The monoisotopic (exact) mass is 175 g/mol. The van der Waals surface area contributed by atoms with Gasteiger partial charge in [-0.25, -0.2) is 4.99 Å². The molecule has 1 aliphatic rings. The van der Waals surface area contributed by atoms with E-state index >= 15 is 0 Å². The molecule has 1 aromatic carbocycles. The fourth-order valence-corrected chi connectivity index (χ4v) is 1.22. The summed E-state index contributed by atoms with van der Waals surface area (Å²) in [5, 5.41) is 18.9. The standard InChI is InChI=1S/C8H6BNO3/c11-8-3-5-1-2-6(9(12)13)4-7(5)10-8/h1-4,12-13H. The molecule has 0 fully saturated rings. The van der Waals surface area contributed by atoms with Crippen LogP contribution in [0.5, 0.6) is 0 Å². The maximum Gasteiger partial charge on any atom is 0.488 e. The smallest absolute Gasteiger partial charge is 0.423 e. The van der Waals surface area contributed by atoms with Crippen molar-refractivity contribution in [3.63, 3.8) is 0 Å². The van der Waals surface area contributed by atoms with Crippen LogP contribution in [0.4, 0.5) is 0 Å². The number of hydrogen-bond acceptors (Lipinski definition) is 3. The number of amides is 1. The summed E-state index contributed by atoms with van der Waals surface area (Å²) >= 11 is 0. The summed E-state index contributed by atoms with van der Waals surface area (Å²) in [6.07, 6.45) is 1.41. The van der Waals surface area contributed by atoms with Gasteiger partial charge in [0.2, 0.25) is 0 Å². The zero-order chi connectivity index (χ0) is 9.42. The summed E-state index contributed by atoms with van der Waals surface area (Å²) in [7, 11) is -1.52. The van der Waals surface area contributed by atoms with E-state index in [4.69, 9.17) is 10.0 Å². The Balaban J connectivity index is 2.66. The van der Waals surface area contributed by atoms with Gasteiger partial charge in [-0.15, -0.1) is 0 Å². The summed E-state index contributed by atoms with van der Waals surface area (Å²) in [4.78, 5) is 14.5. The Morgan fingerprint density at radius 3 is 2.77 bits per heavy atom. The Kier molecular flexibility index (Phi) is 1.75. The van der Waals surface area contributed by atoms with Crippen LogP contribution in [0.3, 0.4) is 0 Å². The van der Waals surface area contributed by atoms with Crippen LogP contribution in [-0.2, 0) is 4.79 Å². The topological polar surface area (TPSA) is 69.9 Å². The van der Waals surface area contributed by atoms with Crippen molar-refractivity contribution in [1.29, 1.82) is 0 Å². The molecular weight excluding hydrogens is 169 g/mol. The molecule has 0 aliphatic carbocycles. The van der Waals surface area contributed by atoms with Crippen molar-refractivity contribution in [2.75, 3.05) is 0 Å². The minimum Gasteiger partial charge on any atom is -0.423 e. The third-order valence-corrected chi connectivity index (χ3v) is 1.86. The Morgan fingerprint density at radius 1 is 1.31 bits per heavy atom. The van der Waals surface area contributed by atoms with E-state index in [0.29, 0.717) is 10.8 Å². The first-order valence-electron chi connectivity index (χ1n) is 3.77. The van der Waals surface area contributed by atoms with E-state index in [1.807, 2.05) is 0 Å². The van der Waals surface area contributed by atoms with Gasteiger partial charge in [-0.1, -0.05) is 12.1 Å². The number of hydrogen-bond donors (Lipinski definition) is 2. The van der Waals surface area contributed by atoms with Gasteiger partial charge >= 0.3 is 7.12 Å². The molecule has 5 heteroatoms. The van der Waals surface area contributed by atoms with Gasteiger partial charge in [0.25, 0.3) is 5.91 Å². The highest BCUT2D eigenvalue weighted by Gasteiger charge is 2.12. The van der Waals surface area contributed by atoms with E-state index in [-0.39, 0.29) is 5.91 Å². The summed E-state index contributed by atoms with van der Waals surface area (Å²) in [6.45, 7) is 0. The first kappa shape index (κ1) is 8.16. The highest BCUT2D eigenvalue weighted by molar-refractivity contribution is 6.58. The predicted octanol–water partition coefficient (Wildman–Crippen LogP) is -2.69. The van der Waals surface area contributed by atoms with Gasteiger partial charge in [0.1, 0.15) is 0 Å². The fraction of sp³-hybridized carbons (Fsp3) is 0. The van der Waals surface area contributed by atoms with Gasteiger partial charge in [0.15, 0.2) is 0 Å². The second-order valence-corrected chi connectivity index (χ2v) is 2.79. The summed E-state index contributed by atoms with van der Waals surface area (Å²) in [5.74, 6) is -0.306. The molecule has 2 rings (SSSR count). The number of nitrogens with zero attached hydrogens (tertiary/aromatic N) is 1. The summed E-state index contributed by atoms with van der Waals surface area (Å²) in [5.41, 5.74) is 0.339. The van der Waals surface area contributed by atoms with Crippen LogP contribution in [0.2, 0.25) is 0 Å². The molecule has 0 spiro atoms. The fourth-order valence-electron chi connectivity index (χ4n) is 1.22. The molecular formula is C8H6BNO3. The highest BCUT2D eigenvalue weighted by Crippen LogP contribution is 1.82. The highest BCUT2D eigenvalue weighted by atomic mass is 16.4. The Labute approximate surface area is 74.0 Å². The molecule has 4 nitrogen and oxygen atoms in total. The van der Waals surface area contributed by atoms with Crippen LogP contribution in [0.25, 0.3) is 6.08 Å². The van der Waals surface area contributed by atoms with E-state index in [1.165, 1.54) is 12.1 Å². The van der Waals surface area contributed by atoms with Crippen LogP contribution in [0, 0.1) is 0 Å². The largest absolute Gasteiger partial charge is 0.488 e. The second-order valence-electron chi connectivity index (χ2n) is 2.79. The molecule has 0 aromatic heterocycles. The van der Waals surface area contributed by atoms with Crippen LogP contribution in [0.1, 0.15) is 0 Å². The van der Waals surface area contributed by atoms with Gasteiger partial charge in [-0.05, 0) is 11.5 Å². The molecule has 2 N–H and O–H groups in total. The molecule has 1 aromatic rings. The molecule has 0 unspecified atom stereocenters. The molecule has 1 heterocycles. The minimum atomic E-state index is -1.52. The average Bonchev–Trinajstić information content (AvgIpc) is 2.42. The van der Waals surface area contributed by atoms with Gasteiger partial charge in [0, 0.05) is 11.3 Å². The number of carbonyl (C=O) groups excluding carboxylic acids is 1. The van der Waals surface area contributed by atoms with E-state index in [1.54, 1.807) is 12.1 Å². The van der Waals surface area contributed by atoms with Crippen LogP contribution in [-0.4, -0.2) is 23.1 Å². The van der Waals surface area contributed by atoms with Crippen molar-refractivity contribution in [1.82, 2.24) is 0 Å². The molecule has 0 bridgehead atoms. The number of fused-ring (bicyclic) bond motifs is 1. The minimum absolute atomic E-state index is 0.306. The summed E-state index contributed by atoms with van der Waals surface area (Å²) < 4.78 is 0. The summed E-state index contributed by atoms with van der Waals surface area (Å²) in [6, 6.07) is 4.67. The lowest BCUT2D eigenvalue weighted by atomic mass is 9.80. The third-order valence-electron chi connectivity index (χ3n) is 1.86. The lowest BCUT2D eigenvalue weighted by Gasteiger charge is -1.95. The van der Waals surface area contributed by atoms with E-state index < -0.39 is 7.12 Å². The molecule has 0 radical (unpaired) electrons. The molecule has 64 valence electrons. The van der Waals surface area contributed by atoms with Crippen molar-refractivity contribution in [2.24, 2.45) is 4.99 Å². The Hall–Kier alpha value is -1.46. The normalized spacial score (nSPS) is 13.2. The number of benzene rings is 1. The van der Waals surface area contributed by atoms with Crippen LogP contribution in [0.15, 0.2) is 23.2 Å². The Bertz CT molecular complexity index is 481.